The fourth-order valence-electron chi connectivity index (χ4n) is 5.59. The molecule has 1 atom stereocenters. The van der Waals surface area contributed by atoms with Crippen LogP contribution in [0.5, 0.6) is 11.5 Å². The number of hydrogen-bond donors (Lipinski definition) is 0. The zero-order chi connectivity index (χ0) is 29.8. The molecule has 0 unspecified atom stereocenters. The number of carbonyl (C=O) groups is 1. The third-order valence-electron chi connectivity index (χ3n) is 7.72. The lowest BCUT2D eigenvalue weighted by atomic mass is 9.93. The van der Waals surface area contributed by atoms with Crippen molar-refractivity contribution in [2.75, 3.05) is 19.1 Å². The molecule has 0 aromatic heterocycles. The standard InChI is InChI=1S/C37H31ClN2O3/c1-42-30-18-13-27(14-19-30)36(28-15-20-31(43-2)21-16-28)40-34-22-17-29(38)24-32(34)35(26-11-7-4-8-12-26)39-33(37(40)41)23-25-9-5-3-6-10-25/h3-22,24,33,36H,23H2,1-2H3/t33-/m0/s1. The Balaban J connectivity index is 1.60. The Morgan fingerprint density at radius 1 is 0.744 bits per heavy atom. The summed E-state index contributed by atoms with van der Waals surface area (Å²) in [4.78, 5) is 22.0. The molecule has 6 heteroatoms. The van der Waals surface area contributed by atoms with E-state index in [1.165, 1.54) is 0 Å². The van der Waals surface area contributed by atoms with Crippen LogP contribution in [0.4, 0.5) is 5.69 Å². The molecular formula is C37H31ClN2O3. The number of benzodiazepines with no additional fused rings is 1. The summed E-state index contributed by atoms with van der Waals surface area (Å²) < 4.78 is 10.9. The quantitative estimate of drug-likeness (QED) is 0.185. The van der Waals surface area contributed by atoms with Crippen LogP contribution in [0.2, 0.25) is 5.02 Å². The molecule has 214 valence electrons. The predicted molar refractivity (Wildman–Crippen MR) is 173 cm³/mol. The third-order valence-corrected chi connectivity index (χ3v) is 7.96. The van der Waals surface area contributed by atoms with Crippen LogP contribution in [0, 0.1) is 0 Å². The van der Waals surface area contributed by atoms with Crippen LogP contribution < -0.4 is 14.4 Å². The van der Waals surface area contributed by atoms with E-state index in [-0.39, 0.29) is 5.91 Å². The van der Waals surface area contributed by atoms with Crippen molar-refractivity contribution in [1.82, 2.24) is 0 Å². The molecule has 1 aliphatic heterocycles. The van der Waals surface area contributed by atoms with E-state index in [0.717, 1.165) is 50.7 Å². The van der Waals surface area contributed by atoms with Gasteiger partial charge in [0.2, 0.25) is 0 Å². The van der Waals surface area contributed by atoms with E-state index in [0.29, 0.717) is 11.4 Å². The highest BCUT2D eigenvalue weighted by molar-refractivity contribution is 6.32. The number of aliphatic imine (C=N–C) groups is 1. The second-order valence-electron chi connectivity index (χ2n) is 10.4. The van der Waals surface area contributed by atoms with Gasteiger partial charge in [-0.15, -0.1) is 0 Å². The molecule has 1 amide bonds. The Bertz CT molecular complexity index is 1690. The monoisotopic (exact) mass is 586 g/mol. The number of ether oxygens (including phenoxy) is 2. The Morgan fingerprint density at radius 3 is 1.86 bits per heavy atom. The Morgan fingerprint density at radius 2 is 1.30 bits per heavy atom. The first kappa shape index (κ1) is 28.3. The van der Waals surface area contributed by atoms with E-state index in [1.807, 2.05) is 132 Å². The van der Waals surface area contributed by atoms with E-state index < -0.39 is 12.1 Å². The van der Waals surface area contributed by atoms with Crippen molar-refractivity contribution in [3.05, 3.63) is 160 Å². The molecule has 0 aliphatic carbocycles. The van der Waals surface area contributed by atoms with E-state index >= 15 is 0 Å². The van der Waals surface area contributed by atoms with E-state index in [2.05, 4.69) is 0 Å². The molecule has 1 aliphatic rings. The van der Waals surface area contributed by atoms with Gasteiger partial charge in [-0.1, -0.05) is 96.5 Å². The third kappa shape index (κ3) is 5.90. The Labute approximate surface area is 257 Å². The maximum absolute atomic E-state index is 14.9. The van der Waals surface area contributed by atoms with E-state index in [9.17, 15) is 4.79 Å². The summed E-state index contributed by atoms with van der Waals surface area (Å²) in [5.41, 5.74) is 6.09. The van der Waals surface area contributed by atoms with Crippen LogP contribution >= 0.6 is 11.6 Å². The van der Waals surface area contributed by atoms with Crippen LogP contribution in [-0.2, 0) is 11.2 Å². The number of carbonyl (C=O) groups excluding carboxylic acids is 1. The first-order valence-electron chi connectivity index (χ1n) is 14.1. The molecule has 1 heterocycles. The van der Waals surface area contributed by atoms with Crippen LogP contribution in [0.1, 0.15) is 33.9 Å². The van der Waals surface area contributed by atoms with Crippen molar-refractivity contribution >= 4 is 28.9 Å². The van der Waals surface area contributed by atoms with Crippen LogP contribution in [0.3, 0.4) is 0 Å². The first-order valence-corrected chi connectivity index (χ1v) is 14.5. The molecule has 0 spiro atoms. The number of fused-ring (bicyclic) bond motifs is 1. The molecule has 5 nitrogen and oxygen atoms in total. The van der Waals surface area contributed by atoms with Gasteiger partial charge in [0.15, 0.2) is 0 Å². The summed E-state index contributed by atoms with van der Waals surface area (Å²) in [6.07, 6.45) is 0.451. The molecule has 0 saturated carbocycles. The molecule has 0 bridgehead atoms. The highest BCUT2D eigenvalue weighted by atomic mass is 35.5. The minimum absolute atomic E-state index is 0.102. The average Bonchev–Trinajstić information content (AvgIpc) is 3.17. The Hall–Kier alpha value is -4.87. The van der Waals surface area contributed by atoms with Crippen molar-refractivity contribution in [1.29, 1.82) is 0 Å². The van der Waals surface area contributed by atoms with Gasteiger partial charge in [0.1, 0.15) is 17.5 Å². The van der Waals surface area contributed by atoms with Crippen LogP contribution in [0.15, 0.2) is 132 Å². The van der Waals surface area contributed by atoms with Gasteiger partial charge < -0.3 is 9.47 Å². The maximum atomic E-state index is 14.9. The number of amides is 1. The van der Waals surface area contributed by atoms with Crippen molar-refractivity contribution in [2.24, 2.45) is 4.99 Å². The summed E-state index contributed by atoms with van der Waals surface area (Å²) in [5, 5.41) is 0.571. The van der Waals surface area contributed by atoms with Crippen molar-refractivity contribution < 1.29 is 14.3 Å². The molecule has 5 aromatic carbocycles. The fraction of sp³-hybridized carbons (Fsp3) is 0.135. The SMILES string of the molecule is COc1ccc(C(c2ccc(OC)cc2)N2C(=O)[C@H](Cc3ccccc3)N=C(c3ccccc3)c3cc(Cl)ccc32)cc1. The number of methoxy groups -OCH3 is 2. The molecule has 0 saturated heterocycles. The minimum Gasteiger partial charge on any atom is -0.497 e. The lowest BCUT2D eigenvalue weighted by Crippen LogP contribution is -2.42. The molecule has 0 fully saturated rings. The lowest BCUT2D eigenvalue weighted by molar-refractivity contribution is -0.120. The Kier molecular flexibility index (Phi) is 8.25. The summed E-state index contributed by atoms with van der Waals surface area (Å²) in [7, 11) is 3.29. The van der Waals surface area contributed by atoms with Gasteiger partial charge in [-0.05, 0) is 59.2 Å². The molecule has 0 radical (unpaired) electrons. The zero-order valence-corrected chi connectivity index (χ0v) is 24.7. The number of anilines is 1. The van der Waals surface area contributed by atoms with Gasteiger partial charge in [0, 0.05) is 22.6 Å². The number of benzene rings is 5. The van der Waals surface area contributed by atoms with Crippen molar-refractivity contribution in [2.45, 2.75) is 18.5 Å². The normalized spacial score (nSPS) is 14.6. The van der Waals surface area contributed by atoms with E-state index in [4.69, 9.17) is 26.1 Å². The maximum Gasteiger partial charge on any atom is 0.253 e. The second kappa shape index (κ2) is 12.6. The number of halogens is 1. The van der Waals surface area contributed by atoms with Crippen molar-refractivity contribution in [3.8, 4) is 11.5 Å². The lowest BCUT2D eigenvalue weighted by Gasteiger charge is -2.34. The summed E-state index contributed by atoms with van der Waals surface area (Å²) >= 11 is 6.63. The van der Waals surface area contributed by atoms with Crippen LogP contribution in [0.25, 0.3) is 0 Å². The number of nitrogens with zero attached hydrogens (tertiary/aromatic N) is 2. The average molecular weight is 587 g/mol. The molecule has 0 N–H and O–H groups in total. The summed E-state index contributed by atoms with van der Waals surface area (Å²) in [5.74, 6) is 1.38. The summed E-state index contributed by atoms with van der Waals surface area (Å²) in [6.45, 7) is 0. The largest absolute Gasteiger partial charge is 0.497 e. The van der Waals surface area contributed by atoms with Gasteiger partial charge in [-0.2, -0.15) is 0 Å². The molecule has 5 aromatic rings. The number of rotatable bonds is 8. The summed E-state index contributed by atoms with van der Waals surface area (Å²) in [6, 6.07) is 40.2. The smallest absolute Gasteiger partial charge is 0.253 e. The predicted octanol–water partition coefficient (Wildman–Crippen LogP) is 7.94. The highest BCUT2D eigenvalue weighted by Crippen LogP contribution is 2.40. The van der Waals surface area contributed by atoms with Gasteiger partial charge in [-0.25, -0.2) is 0 Å². The topological polar surface area (TPSA) is 51.1 Å². The molecular weight excluding hydrogens is 556 g/mol. The van der Waals surface area contributed by atoms with Gasteiger partial charge in [0.25, 0.3) is 5.91 Å². The first-order chi connectivity index (χ1) is 21.1. The van der Waals surface area contributed by atoms with Crippen LogP contribution in [-0.4, -0.2) is 31.9 Å². The molecule has 6 rings (SSSR count). The molecule has 43 heavy (non-hydrogen) atoms. The minimum atomic E-state index is -0.678. The van der Waals surface area contributed by atoms with E-state index in [1.54, 1.807) is 14.2 Å². The number of hydrogen-bond acceptors (Lipinski definition) is 4. The van der Waals surface area contributed by atoms with Gasteiger partial charge in [-0.3, -0.25) is 14.7 Å². The fourth-order valence-corrected chi connectivity index (χ4v) is 5.77. The van der Waals surface area contributed by atoms with Gasteiger partial charge >= 0.3 is 0 Å². The van der Waals surface area contributed by atoms with Gasteiger partial charge in [0.05, 0.1) is 31.7 Å². The zero-order valence-electron chi connectivity index (χ0n) is 24.0. The second-order valence-corrected chi connectivity index (χ2v) is 10.8. The van der Waals surface area contributed by atoms with Crippen molar-refractivity contribution in [3.63, 3.8) is 0 Å². The highest BCUT2D eigenvalue weighted by Gasteiger charge is 2.38.